The number of hydrogen-bond acceptors (Lipinski definition) is 5. The Bertz CT molecular complexity index is 335. The largest absolute Gasteiger partial charge is 0.311 e. The van der Waals surface area contributed by atoms with Gasteiger partial charge in [0.1, 0.15) is 0 Å². The lowest BCUT2D eigenvalue weighted by Gasteiger charge is -2.25. The molecule has 0 amide bonds. The zero-order valence-electron chi connectivity index (χ0n) is 11.1. The number of rotatable bonds is 7. The molecule has 2 rings (SSSR count). The summed E-state index contributed by atoms with van der Waals surface area (Å²) < 4.78 is 1.96. The minimum absolute atomic E-state index is 0.828. The summed E-state index contributed by atoms with van der Waals surface area (Å²) in [6, 6.07) is 0. The van der Waals surface area contributed by atoms with Crippen molar-refractivity contribution in [2.24, 2.45) is 0 Å². The van der Waals surface area contributed by atoms with Gasteiger partial charge in [0, 0.05) is 43.9 Å². The molecule has 0 radical (unpaired) electrons. The maximum absolute atomic E-state index is 4.18. The molecule has 0 aromatic carbocycles. The SMILES string of the molecule is CCCNCc1cn(CCN2CCSCC2)nn1. The van der Waals surface area contributed by atoms with E-state index in [0.29, 0.717) is 0 Å². The number of hydrogen-bond donors (Lipinski definition) is 1. The number of aromatic nitrogens is 3. The van der Waals surface area contributed by atoms with Crippen molar-refractivity contribution in [3.05, 3.63) is 11.9 Å². The standard InChI is InChI=1S/C12H23N5S/c1-2-3-13-10-12-11-17(15-14-12)5-4-16-6-8-18-9-7-16/h11,13H,2-10H2,1H3. The number of thioether (sulfide) groups is 1. The molecule has 1 aliphatic heterocycles. The molecule has 5 nitrogen and oxygen atoms in total. The highest BCUT2D eigenvalue weighted by atomic mass is 32.2. The lowest BCUT2D eigenvalue weighted by molar-refractivity contribution is 0.283. The maximum atomic E-state index is 4.18. The van der Waals surface area contributed by atoms with Gasteiger partial charge in [-0.15, -0.1) is 5.10 Å². The lowest BCUT2D eigenvalue weighted by Crippen LogP contribution is -2.35. The molecule has 2 heterocycles. The van der Waals surface area contributed by atoms with Gasteiger partial charge in [-0.05, 0) is 13.0 Å². The van der Waals surface area contributed by atoms with Gasteiger partial charge < -0.3 is 5.32 Å². The third-order valence-corrected chi connectivity index (χ3v) is 4.01. The molecule has 1 fully saturated rings. The summed E-state index contributed by atoms with van der Waals surface area (Å²) in [4.78, 5) is 2.51. The number of nitrogens with zero attached hydrogens (tertiary/aromatic N) is 4. The molecule has 1 aliphatic rings. The van der Waals surface area contributed by atoms with Crippen LogP contribution in [-0.4, -0.2) is 57.6 Å². The predicted molar refractivity (Wildman–Crippen MR) is 75.8 cm³/mol. The van der Waals surface area contributed by atoms with E-state index in [1.165, 1.54) is 24.6 Å². The summed E-state index contributed by atoms with van der Waals surface area (Å²) in [5, 5.41) is 11.7. The second-order valence-corrected chi connectivity index (χ2v) is 5.83. The van der Waals surface area contributed by atoms with Crippen molar-refractivity contribution >= 4 is 11.8 Å². The molecule has 1 N–H and O–H groups in total. The van der Waals surface area contributed by atoms with E-state index in [-0.39, 0.29) is 0 Å². The third kappa shape index (κ3) is 4.59. The smallest absolute Gasteiger partial charge is 0.0964 e. The highest BCUT2D eigenvalue weighted by molar-refractivity contribution is 7.99. The van der Waals surface area contributed by atoms with E-state index in [2.05, 4.69) is 45.4 Å². The van der Waals surface area contributed by atoms with Gasteiger partial charge in [0.25, 0.3) is 0 Å². The van der Waals surface area contributed by atoms with Gasteiger partial charge in [-0.3, -0.25) is 9.58 Å². The summed E-state index contributed by atoms with van der Waals surface area (Å²) >= 11 is 2.05. The van der Waals surface area contributed by atoms with Crippen LogP contribution in [0.25, 0.3) is 0 Å². The van der Waals surface area contributed by atoms with Gasteiger partial charge in [-0.2, -0.15) is 11.8 Å². The molecule has 0 aliphatic carbocycles. The molecule has 1 aromatic rings. The zero-order chi connectivity index (χ0) is 12.6. The first-order chi connectivity index (χ1) is 8.88. The van der Waals surface area contributed by atoms with Crippen LogP contribution < -0.4 is 5.32 Å². The van der Waals surface area contributed by atoms with Crippen molar-refractivity contribution in [1.82, 2.24) is 25.2 Å². The second kappa shape index (κ2) is 7.76. The van der Waals surface area contributed by atoms with Crippen molar-refractivity contribution in [2.75, 3.05) is 37.7 Å². The monoisotopic (exact) mass is 269 g/mol. The fraction of sp³-hybridized carbons (Fsp3) is 0.833. The Morgan fingerprint density at radius 2 is 2.17 bits per heavy atom. The fourth-order valence-corrected chi connectivity index (χ4v) is 2.97. The molecule has 1 aromatic heterocycles. The van der Waals surface area contributed by atoms with Gasteiger partial charge in [0.15, 0.2) is 0 Å². The van der Waals surface area contributed by atoms with Gasteiger partial charge in [0.05, 0.1) is 12.2 Å². The molecule has 102 valence electrons. The highest BCUT2D eigenvalue weighted by Gasteiger charge is 2.10. The Morgan fingerprint density at radius 1 is 1.33 bits per heavy atom. The van der Waals surface area contributed by atoms with Gasteiger partial charge >= 0.3 is 0 Å². The highest BCUT2D eigenvalue weighted by Crippen LogP contribution is 2.08. The van der Waals surface area contributed by atoms with E-state index in [1.807, 2.05) is 4.68 Å². The first-order valence-electron chi connectivity index (χ1n) is 6.78. The Hall–Kier alpha value is -0.590. The van der Waals surface area contributed by atoms with Crippen molar-refractivity contribution in [3.8, 4) is 0 Å². The van der Waals surface area contributed by atoms with E-state index in [1.54, 1.807) is 0 Å². The van der Waals surface area contributed by atoms with Crippen LogP contribution in [0.15, 0.2) is 6.20 Å². The van der Waals surface area contributed by atoms with Crippen LogP contribution in [0.3, 0.4) is 0 Å². The van der Waals surface area contributed by atoms with Crippen molar-refractivity contribution in [3.63, 3.8) is 0 Å². The second-order valence-electron chi connectivity index (χ2n) is 4.60. The van der Waals surface area contributed by atoms with E-state index >= 15 is 0 Å². The zero-order valence-corrected chi connectivity index (χ0v) is 12.0. The Morgan fingerprint density at radius 3 is 2.94 bits per heavy atom. The van der Waals surface area contributed by atoms with Crippen molar-refractivity contribution in [2.45, 2.75) is 26.4 Å². The van der Waals surface area contributed by atoms with Crippen LogP contribution in [0.2, 0.25) is 0 Å². The Kier molecular flexibility index (Phi) is 5.96. The van der Waals surface area contributed by atoms with Crippen LogP contribution in [-0.2, 0) is 13.1 Å². The van der Waals surface area contributed by atoms with Gasteiger partial charge in [-0.1, -0.05) is 12.1 Å². The Balaban J connectivity index is 1.69. The molecule has 0 bridgehead atoms. The molecule has 0 saturated carbocycles. The third-order valence-electron chi connectivity index (χ3n) is 3.07. The predicted octanol–water partition coefficient (Wildman–Crippen LogP) is 0.826. The van der Waals surface area contributed by atoms with Gasteiger partial charge in [-0.25, -0.2) is 0 Å². The molecule has 0 unspecified atom stereocenters. The minimum atomic E-state index is 0.828. The van der Waals surface area contributed by atoms with E-state index in [9.17, 15) is 0 Å². The summed E-state index contributed by atoms with van der Waals surface area (Å²) in [5.74, 6) is 2.53. The Labute approximate surface area is 113 Å². The molecule has 6 heteroatoms. The number of nitrogens with one attached hydrogen (secondary N) is 1. The van der Waals surface area contributed by atoms with Crippen LogP contribution in [0.5, 0.6) is 0 Å². The summed E-state index contributed by atoms with van der Waals surface area (Å²) in [6.45, 7) is 8.50. The fourth-order valence-electron chi connectivity index (χ4n) is 1.99. The van der Waals surface area contributed by atoms with E-state index in [4.69, 9.17) is 0 Å². The quantitative estimate of drug-likeness (QED) is 0.743. The summed E-state index contributed by atoms with van der Waals surface area (Å²) in [5.41, 5.74) is 1.04. The minimum Gasteiger partial charge on any atom is -0.311 e. The van der Waals surface area contributed by atoms with Gasteiger partial charge in [0.2, 0.25) is 0 Å². The van der Waals surface area contributed by atoms with Crippen LogP contribution in [0.1, 0.15) is 19.0 Å². The van der Waals surface area contributed by atoms with Crippen LogP contribution >= 0.6 is 11.8 Å². The summed E-state index contributed by atoms with van der Waals surface area (Å²) in [7, 11) is 0. The van der Waals surface area contributed by atoms with Crippen molar-refractivity contribution < 1.29 is 0 Å². The topological polar surface area (TPSA) is 46.0 Å². The first kappa shape index (κ1) is 13.8. The van der Waals surface area contributed by atoms with Crippen LogP contribution in [0.4, 0.5) is 0 Å². The molecule has 0 atom stereocenters. The molecule has 18 heavy (non-hydrogen) atoms. The molecular formula is C12H23N5S. The molecular weight excluding hydrogens is 246 g/mol. The average Bonchev–Trinajstić information content (AvgIpc) is 2.86. The normalized spacial score (nSPS) is 17.2. The first-order valence-corrected chi connectivity index (χ1v) is 7.94. The van der Waals surface area contributed by atoms with E-state index in [0.717, 1.165) is 38.3 Å². The van der Waals surface area contributed by atoms with Crippen LogP contribution in [0, 0.1) is 0 Å². The summed E-state index contributed by atoms with van der Waals surface area (Å²) in [6.07, 6.45) is 3.21. The average molecular weight is 269 g/mol. The lowest BCUT2D eigenvalue weighted by atomic mass is 10.4. The van der Waals surface area contributed by atoms with Crippen molar-refractivity contribution in [1.29, 1.82) is 0 Å². The maximum Gasteiger partial charge on any atom is 0.0964 e. The molecule has 1 saturated heterocycles. The molecule has 0 spiro atoms. The van der Waals surface area contributed by atoms with E-state index < -0.39 is 0 Å².